The maximum atomic E-state index is 12.1. The number of carbonyl (C=O) groups excluding carboxylic acids is 2. The Morgan fingerprint density at radius 2 is 1.36 bits per heavy atom. The lowest BCUT2D eigenvalue weighted by Gasteiger charge is -2.15. The Kier molecular flexibility index (Phi) is 30.2. The van der Waals surface area contributed by atoms with Gasteiger partial charge in [-0.15, -0.1) is 0 Å². The molecule has 0 aliphatic carbocycles. The molecule has 0 aromatic rings. The molecule has 44 heavy (non-hydrogen) atoms. The number of esters is 2. The minimum absolute atomic E-state index is 0.108. The standard InChI is InChI=1S/C38H64O6/c1-4-6-7-8-18-23-28-35(40)29-24-19-14-10-12-16-21-26-31-38(42)44-36(32-39)33-43-37(41)30-25-20-15-11-9-13-17-22-27-34(3)5-2/h6-7,12,14,16,18-19,23-24,29,34-36,39-40H,4-5,8-11,13,15,17,20-22,25-28,30-33H2,1-3H3/b7-6-,16-12-,19-14-,23-18-,29-24+/t34?,35?,36-/m0/s1. The van der Waals surface area contributed by atoms with Crippen molar-refractivity contribution >= 4 is 11.9 Å². The smallest absolute Gasteiger partial charge is 0.306 e. The number of hydrogen-bond donors (Lipinski definition) is 2. The molecule has 0 fully saturated rings. The first-order chi connectivity index (χ1) is 21.4. The summed E-state index contributed by atoms with van der Waals surface area (Å²) in [6, 6.07) is 0. The minimum atomic E-state index is -0.821. The van der Waals surface area contributed by atoms with Crippen molar-refractivity contribution in [3.05, 3.63) is 60.8 Å². The first kappa shape index (κ1) is 41.6. The van der Waals surface area contributed by atoms with Crippen LogP contribution in [0.3, 0.4) is 0 Å². The van der Waals surface area contributed by atoms with Gasteiger partial charge in [0.1, 0.15) is 6.61 Å². The van der Waals surface area contributed by atoms with E-state index in [1.807, 2.05) is 36.5 Å². The number of rotatable bonds is 29. The fraction of sp³-hybridized carbons (Fsp3) is 0.684. The number of allylic oxidation sites excluding steroid dienone is 8. The number of unbranched alkanes of at least 4 members (excludes halogenated alkanes) is 8. The first-order valence-corrected chi connectivity index (χ1v) is 17.3. The fourth-order valence-electron chi connectivity index (χ4n) is 4.41. The van der Waals surface area contributed by atoms with Gasteiger partial charge in [0.05, 0.1) is 12.7 Å². The van der Waals surface area contributed by atoms with Gasteiger partial charge in [0, 0.05) is 12.8 Å². The molecule has 0 aliphatic heterocycles. The predicted molar refractivity (Wildman–Crippen MR) is 183 cm³/mol. The Morgan fingerprint density at radius 1 is 0.727 bits per heavy atom. The number of ether oxygens (including phenoxy) is 2. The summed E-state index contributed by atoms with van der Waals surface area (Å²) in [5, 5.41) is 19.4. The van der Waals surface area contributed by atoms with Gasteiger partial charge in [-0.2, -0.15) is 0 Å². The van der Waals surface area contributed by atoms with E-state index in [0.717, 1.165) is 50.9 Å². The third kappa shape index (κ3) is 29.6. The molecule has 2 unspecified atom stereocenters. The van der Waals surface area contributed by atoms with E-state index < -0.39 is 18.2 Å². The Balaban J connectivity index is 3.82. The molecule has 0 aromatic carbocycles. The predicted octanol–water partition coefficient (Wildman–Crippen LogP) is 9.27. The quantitative estimate of drug-likeness (QED) is 0.0377. The molecule has 0 heterocycles. The summed E-state index contributed by atoms with van der Waals surface area (Å²) in [7, 11) is 0. The maximum absolute atomic E-state index is 12.1. The van der Waals surface area contributed by atoms with Crippen molar-refractivity contribution in [2.75, 3.05) is 13.2 Å². The van der Waals surface area contributed by atoms with Crippen molar-refractivity contribution in [1.29, 1.82) is 0 Å². The van der Waals surface area contributed by atoms with Crippen LogP contribution in [0.2, 0.25) is 0 Å². The van der Waals surface area contributed by atoms with E-state index >= 15 is 0 Å². The van der Waals surface area contributed by atoms with Crippen LogP contribution in [-0.4, -0.2) is 47.6 Å². The zero-order chi connectivity index (χ0) is 32.5. The topological polar surface area (TPSA) is 93.1 Å². The number of hydrogen-bond acceptors (Lipinski definition) is 6. The molecule has 0 rings (SSSR count). The molecule has 0 radical (unpaired) electrons. The lowest BCUT2D eigenvalue weighted by atomic mass is 9.99. The second-order valence-corrected chi connectivity index (χ2v) is 11.7. The van der Waals surface area contributed by atoms with Gasteiger partial charge in [0.25, 0.3) is 0 Å². The van der Waals surface area contributed by atoms with Crippen LogP contribution in [0.25, 0.3) is 0 Å². The summed E-state index contributed by atoms with van der Waals surface area (Å²) in [6.45, 7) is 6.21. The molecular formula is C38H64O6. The van der Waals surface area contributed by atoms with Gasteiger partial charge in [-0.25, -0.2) is 0 Å². The second kappa shape index (κ2) is 32.0. The van der Waals surface area contributed by atoms with E-state index in [0.29, 0.717) is 19.3 Å². The number of carbonyl (C=O) groups is 2. The zero-order valence-corrected chi connectivity index (χ0v) is 28.2. The second-order valence-electron chi connectivity index (χ2n) is 11.7. The lowest BCUT2D eigenvalue weighted by molar-refractivity contribution is -0.161. The molecule has 0 aromatic heterocycles. The summed E-state index contributed by atoms with van der Waals surface area (Å²) in [5.41, 5.74) is 0. The van der Waals surface area contributed by atoms with Gasteiger partial charge in [-0.05, 0) is 50.9 Å². The Labute approximate surface area is 269 Å². The van der Waals surface area contributed by atoms with Gasteiger partial charge in [0.2, 0.25) is 0 Å². The van der Waals surface area contributed by atoms with Crippen LogP contribution in [0.1, 0.15) is 136 Å². The number of aliphatic hydroxyl groups is 2. The monoisotopic (exact) mass is 616 g/mol. The Morgan fingerprint density at radius 3 is 2.07 bits per heavy atom. The number of aliphatic hydroxyl groups excluding tert-OH is 2. The highest BCUT2D eigenvalue weighted by Gasteiger charge is 2.15. The van der Waals surface area contributed by atoms with Crippen LogP contribution in [-0.2, 0) is 19.1 Å². The summed E-state index contributed by atoms with van der Waals surface area (Å²) < 4.78 is 10.5. The molecular weight excluding hydrogens is 552 g/mol. The van der Waals surface area contributed by atoms with Crippen molar-refractivity contribution < 1.29 is 29.3 Å². The normalized spacial score (nSPS) is 14.4. The van der Waals surface area contributed by atoms with Crippen molar-refractivity contribution in [2.45, 2.75) is 149 Å². The van der Waals surface area contributed by atoms with Gasteiger partial charge >= 0.3 is 11.9 Å². The van der Waals surface area contributed by atoms with E-state index in [9.17, 15) is 19.8 Å². The van der Waals surface area contributed by atoms with E-state index in [-0.39, 0.29) is 25.6 Å². The molecule has 6 nitrogen and oxygen atoms in total. The van der Waals surface area contributed by atoms with Crippen LogP contribution < -0.4 is 0 Å². The van der Waals surface area contributed by atoms with Crippen LogP contribution in [0.15, 0.2) is 60.8 Å². The van der Waals surface area contributed by atoms with Gasteiger partial charge in [-0.1, -0.05) is 139 Å². The van der Waals surface area contributed by atoms with E-state index in [1.165, 1.54) is 44.9 Å². The Hall–Kier alpha value is -2.44. The molecule has 252 valence electrons. The van der Waals surface area contributed by atoms with Crippen molar-refractivity contribution in [3.8, 4) is 0 Å². The average molecular weight is 617 g/mol. The molecule has 2 N–H and O–H groups in total. The summed E-state index contributed by atoms with van der Waals surface area (Å²) in [4.78, 5) is 24.1. The molecule has 0 amide bonds. The van der Waals surface area contributed by atoms with Crippen molar-refractivity contribution in [1.82, 2.24) is 0 Å². The van der Waals surface area contributed by atoms with Crippen molar-refractivity contribution in [2.24, 2.45) is 5.92 Å². The highest BCUT2D eigenvalue weighted by Crippen LogP contribution is 2.15. The lowest BCUT2D eigenvalue weighted by Crippen LogP contribution is -2.28. The summed E-state index contributed by atoms with van der Waals surface area (Å²) in [6.07, 6.45) is 35.9. The first-order valence-electron chi connectivity index (χ1n) is 17.3. The molecule has 0 aliphatic rings. The zero-order valence-electron chi connectivity index (χ0n) is 28.2. The molecule has 0 spiro atoms. The maximum Gasteiger partial charge on any atom is 0.306 e. The minimum Gasteiger partial charge on any atom is -0.462 e. The van der Waals surface area contributed by atoms with Gasteiger partial charge < -0.3 is 19.7 Å². The molecule has 0 saturated carbocycles. The van der Waals surface area contributed by atoms with Crippen LogP contribution in [0, 0.1) is 5.92 Å². The van der Waals surface area contributed by atoms with Crippen molar-refractivity contribution in [3.63, 3.8) is 0 Å². The molecule has 0 bridgehead atoms. The Bertz CT molecular complexity index is 825. The molecule has 0 saturated heterocycles. The molecule has 6 heteroatoms. The highest BCUT2D eigenvalue weighted by atomic mass is 16.6. The van der Waals surface area contributed by atoms with E-state index in [4.69, 9.17) is 9.47 Å². The van der Waals surface area contributed by atoms with Crippen LogP contribution in [0.5, 0.6) is 0 Å². The van der Waals surface area contributed by atoms with Gasteiger partial charge in [0.15, 0.2) is 6.10 Å². The molecule has 3 atom stereocenters. The summed E-state index contributed by atoms with van der Waals surface area (Å²) in [5.74, 6) is 0.141. The fourth-order valence-corrected chi connectivity index (χ4v) is 4.41. The van der Waals surface area contributed by atoms with Crippen LogP contribution in [0.4, 0.5) is 0 Å². The highest BCUT2D eigenvalue weighted by molar-refractivity contribution is 5.70. The average Bonchev–Trinajstić information content (AvgIpc) is 3.02. The van der Waals surface area contributed by atoms with E-state index in [2.05, 4.69) is 39.0 Å². The van der Waals surface area contributed by atoms with Crippen LogP contribution >= 0.6 is 0 Å². The third-order valence-electron chi connectivity index (χ3n) is 7.45. The van der Waals surface area contributed by atoms with E-state index in [1.54, 1.807) is 6.08 Å². The summed E-state index contributed by atoms with van der Waals surface area (Å²) >= 11 is 0. The van der Waals surface area contributed by atoms with Gasteiger partial charge in [-0.3, -0.25) is 9.59 Å². The largest absolute Gasteiger partial charge is 0.462 e. The SMILES string of the molecule is CC/C=C\C/C=C\CC(O)/C=C/C=C\C/C=C\CCCC(=O)O[C@@H](CO)COC(=O)CCCCCCCCCCC(C)CC. The third-order valence-corrected chi connectivity index (χ3v) is 7.45.